The second-order valence-corrected chi connectivity index (χ2v) is 9.02. The molecule has 0 aliphatic heterocycles. The molecular formula is C29H23N3O5. The zero-order valence-corrected chi connectivity index (χ0v) is 19.9. The van der Waals surface area contributed by atoms with E-state index >= 15 is 0 Å². The number of nitrogens with one attached hydrogen (secondary N) is 1. The summed E-state index contributed by atoms with van der Waals surface area (Å²) in [4.78, 5) is 16.9. The van der Waals surface area contributed by atoms with Gasteiger partial charge in [-0.1, -0.05) is 41.6 Å². The van der Waals surface area contributed by atoms with Crippen LogP contribution in [0.3, 0.4) is 0 Å². The first-order valence-electron chi connectivity index (χ1n) is 11.9. The lowest BCUT2D eigenvalue weighted by molar-refractivity contribution is -0.117. The van der Waals surface area contributed by atoms with E-state index in [0.29, 0.717) is 39.3 Å². The number of carbonyl (C=O) groups is 1. The number of phenols is 2. The van der Waals surface area contributed by atoms with E-state index in [1.54, 1.807) is 37.7 Å². The third-order valence-electron chi connectivity index (χ3n) is 6.58. The van der Waals surface area contributed by atoms with Gasteiger partial charge in [0.2, 0.25) is 11.8 Å². The number of hydrogen-bond acceptors (Lipinski definition) is 7. The molecule has 0 bridgehead atoms. The Kier molecular flexibility index (Phi) is 5.49. The molecule has 0 atom stereocenters. The normalized spacial score (nSPS) is 13.0. The first kappa shape index (κ1) is 22.6. The smallest absolute Gasteiger partial charge is 0.239 e. The van der Waals surface area contributed by atoms with Crippen molar-refractivity contribution in [1.29, 1.82) is 0 Å². The van der Waals surface area contributed by atoms with Crippen molar-refractivity contribution in [2.24, 2.45) is 5.92 Å². The Balaban J connectivity index is 1.53. The molecular weight excluding hydrogens is 470 g/mol. The van der Waals surface area contributed by atoms with Gasteiger partial charge in [0.25, 0.3) is 0 Å². The maximum Gasteiger partial charge on any atom is 0.239 e. The van der Waals surface area contributed by atoms with Gasteiger partial charge >= 0.3 is 0 Å². The first-order chi connectivity index (χ1) is 18.0. The highest BCUT2D eigenvalue weighted by Gasteiger charge is 2.32. The molecule has 8 nitrogen and oxygen atoms in total. The number of ether oxygens (including phenoxy) is 1. The number of pyridine rings is 1. The topological polar surface area (TPSA) is 118 Å². The van der Waals surface area contributed by atoms with Crippen molar-refractivity contribution in [3.63, 3.8) is 0 Å². The maximum absolute atomic E-state index is 12.6. The quantitative estimate of drug-likeness (QED) is 0.266. The van der Waals surface area contributed by atoms with E-state index in [4.69, 9.17) is 9.26 Å². The first-order valence-corrected chi connectivity index (χ1v) is 11.9. The minimum atomic E-state index is -0.183. The third kappa shape index (κ3) is 4.12. The Hall–Kier alpha value is -4.85. The molecule has 0 unspecified atom stereocenters. The molecule has 3 aromatic carbocycles. The molecule has 5 aromatic rings. The van der Waals surface area contributed by atoms with E-state index in [1.807, 2.05) is 36.4 Å². The molecule has 3 N–H and O–H groups in total. The van der Waals surface area contributed by atoms with Crippen LogP contribution in [0, 0.1) is 5.92 Å². The van der Waals surface area contributed by atoms with E-state index in [0.717, 1.165) is 23.6 Å². The van der Waals surface area contributed by atoms with E-state index in [1.165, 1.54) is 6.07 Å². The molecule has 1 saturated carbocycles. The Labute approximate surface area is 212 Å². The number of methoxy groups -OCH3 is 1. The van der Waals surface area contributed by atoms with Crippen LogP contribution in [0.4, 0.5) is 5.88 Å². The van der Waals surface area contributed by atoms with Crippen LogP contribution >= 0.6 is 0 Å². The third-order valence-corrected chi connectivity index (χ3v) is 6.58. The van der Waals surface area contributed by atoms with Crippen molar-refractivity contribution in [3.05, 3.63) is 73.1 Å². The van der Waals surface area contributed by atoms with Crippen molar-refractivity contribution in [2.45, 2.75) is 12.8 Å². The number of carbonyl (C=O) groups excluding carboxylic acids is 1. The number of aromatic hydroxyl groups is 2. The molecule has 2 aromatic heterocycles. The van der Waals surface area contributed by atoms with Crippen LogP contribution in [0.25, 0.3) is 44.3 Å². The molecule has 1 aliphatic carbocycles. The summed E-state index contributed by atoms with van der Waals surface area (Å²) in [5.41, 5.74) is 3.06. The second-order valence-electron chi connectivity index (χ2n) is 9.02. The van der Waals surface area contributed by atoms with Gasteiger partial charge in [0.1, 0.15) is 22.9 Å². The summed E-state index contributed by atoms with van der Waals surface area (Å²) in [6.07, 6.45) is 5.11. The number of nitrogens with zero attached hydrogens (tertiary/aromatic N) is 2. The van der Waals surface area contributed by atoms with E-state index in [-0.39, 0.29) is 29.2 Å². The summed E-state index contributed by atoms with van der Waals surface area (Å²) in [6.45, 7) is 0. The SMILES string of the molecule is COc1ccc(-c2c(-c3cc(-c4cncc5ccccc45)c(O)cc3O)noc2NC(=O)C2CC2)cc1. The van der Waals surface area contributed by atoms with Gasteiger partial charge in [0.05, 0.1) is 12.7 Å². The average molecular weight is 494 g/mol. The van der Waals surface area contributed by atoms with Gasteiger partial charge in [-0.15, -0.1) is 0 Å². The van der Waals surface area contributed by atoms with Crippen LogP contribution in [-0.2, 0) is 4.79 Å². The van der Waals surface area contributed by atoms with Crippen molar-refractivity contribution < 1.29 is 24.3 Å². The Morgan fingerprint density at radius 1 is 0.973 bits per heavy atom. The number of aromatic nitrogens is 2. The molecule has 37 heavy (non-hydrogen) atoms. The summed E-state index contributed by atoms with van der Waals surface area (Å²) in [7, 11) is 1.58. The molecule has 0 saturated heterocycles. The fourth-order valence-electron chi connectivity index (χ4n) is 4.46. The minimum absolute atomic E-state index is 0.0372. The zero-order chi connectivity index (χ0) is 25.5. The predicted molar refractivity (Wildman–Crippen MR) is 139 cm³/mol. The van der Waals surface area contributed by atoms with Gasteiger partial charge in [-0.05, 0) is 42.0 Å². The Morgan fingerprint density at radius 2 is 1.73 bits per heavy atom. The zero-order valence-electron chi connectivity index (χ0n) is 19.9. The average Bonchev–Trinajstić information content (AvgIpc) is 3.70. The molecule has 1 aliphatic rings. The molecule has 2 heterocycles. The highest BCUT2D eigenvalue weighted by atomic mass is 16.5. The number of phenolic OH excluding ortho intramolecular Hbond substituents is 2. The lowest BCUT2D eigenvalue weighted by Gasteiger charge is -2.12. The van der Waals surface area contributed by atoms with E-state index in [2.05, 4.69) is 15.5 Å². The van der Waals surface area contributed by atoms with Crippen molar-refractivity contribution in [1.82, 2.24) is 10.1 Å². The van der Waals surface area contributed by atoms with Crippen LogP contribution in [0.15, 0.2) is 77.6 Å². The van der Waals surface area contributed by atoms with E-state index in [9.17, 15) is 15.0 Å². The predicted octanol–water partition coefficient (Wildman–Crippen LogP) is 5.99. The number of hydrogen-bond donors (Lipinski definition) is 3. The molecule has 8 heteroatoms. The number of fused-ring (bicyclic) bond motifs is 1. The fraction of sp³-hybridized carbons (Fsp3) is 0.138. The minimum Gasteiger partial charge on any atom is -0.507 e. The van der Waals surface area contributed by atoms with Crippen LogP contribution < -0.4 is 10.1 Å². The van der Waals surface area contributed by atoms with Crippen molar-refractivity contribution in [2.75, 3.05) is 12.4 Å². The van der Waals surface area contributed by atoms with Gasteiger partial charge < -0.3 is 19.5 Å². The monoisotopic (exact) mass is 493 g/mol. The summed E-state index contributed by atoms with van der Waals surface area (Å²) in [5, 5.41) is 30.6. The second kappa shape index (κ2) is 8.98. The number of anilines is 1. The summed E-state index contributed by atoms with van der Waals surface area (Å²) < 4.78 is 10.9. The van der Waals surface area contributed by atoms with Crippen molar-refractivity contribution >= 4 is 22.6 Å². The van der Waals surface area contributed by atoms with Crippen LogP contribution in [0.1, 0.15) is 12.8 Å². The maximum atomic E-state index is 12.6. The highest BCUT2D eigenvalue weighted by molar-refractivity contribution is 6.01. The van der Waals surface area contributed by atoms with Crippen LogP contribution in [0.2, 0.25) is 0 Å². The number of amides is 1. The molecule has 1 fully saturated rings. The van der Waals surface area contributed by atoms with Gasteiger partial charge in [-0.3, -0.25) is 15.1 Å². The molecule has 1 amide bonds. The fourth-order valence-corrected chi connectivity index (χ4v) is 4.46. The van der Waals surface area contributed by atoms with Gasteiger partial charge in [-0.25, -0.2) is 0 Å². The molecule has 184 valence electrons. The number of rotatable bonds is 6. The highest BCUT2D eigenvalue weighted by Crippen LogP contribution is 2.46. The number of benzene rings is 3. The Bertz CT molecular complexity index is 1630. The standard InChI is InChI=1S/C29H23N3O5/c1-36-19-10-8-16(9-11-19)26-27(32-37-29(26)31-28(35)17-6-7-17)22-12-21(24(33)13-25(22)34)23-15-30-14-18-4-2-3-5-20(18)23/h2-5,8-15,17,33-34H,6-7H2,1H3,(H,31,35). The largest absolute Gasteiger partial charge is 0.507 e. The lowest BCUT2D eigenvalue weighted by Crippen LogP contribution is -2.13. The Morgan fingerprint density at radius 3 is 2.49 bits per heavy atom. The van der Waals surface area contributed by atoms with Gasteiger partial charge in [0, 0.05) is 46.5 Å². The lowest BCUT2D eigenvalue weighted by atomic mass is 9.94. The molecule has 0 radical (unpaired) electrons. The van der Waals surface area contributed by atoms with Gasteiger partial charge in [-0.2, -0.15) is 0 Å². The van der Waals surface area contributed by atoms with Gasteiger partial charge in [0.15, 0.2) is 0 Å². The summed E-state index contributed by atoms with van der Waals surface area (Å²) >= 11 is 0. The molecule has 0 spiro atoms. The van der Waals surface area contributed by atoms with Crippen LogP contribution in [0.5, 0.6) is 17.2 Å². The van der Waals surface area contributed by atoms with Crippen LogP contribution in [-0.4, -0.2) is 33.4 Å². The van der Waals surface area contributed by atoms with E-state index < -0.39 is 0 Å². The molecule has 6 rings (SSSR count). The summed E-state index contributed by atoms with van der Waals surface area (Å²) in [5.74, 6) is 0.412. The summed E-state index contributed by atoms with van der Waals surface area (Å²) in [6, 6.07) is 17.9. The van der Waals surface area contributed by atoms with Crippen molar-refractivity contribution in [3.8, 4) is 50.8 Å².